The van der Waals surface area contributed by atoms with E-state index in [0.29, 0.717) is 17.9 Å². The molecule has 0 fully saturated rings. The number of hydrogen-bond donors (Lipinski definition) is 0. The third-order valence-corrected chi connectivity index (χ3v) is 2.46. The highest BCUT2D eigenvalue weighted by molar-refractivity contribution is 7.85. The van der Waals surface area contributed by atoms with Gasteiger partial charge in [0.05, 0.1) is 12.9 Å². The van der Waals surface area contributed by atoms with Crippen molar-refractivity contribution in [2.24, 2.45) is 11.3 Å². The minimum Gasteiger partial charge on any atom is -0.270 e. The van der Waals surface area contributed by atoms with Crippen molar-refractivity contribution in [2.45, 2.75) is 40.5 Å². The average molecular weight is 222 g/mol. The van der Waals surface area contributed by atoms with Gasteiger partial charge in [-0.25, -0.2) is 0 Å². The van der Waals surface area contributed by atoms with E-state index in [-0.39, 0.29) is 0 Å². The molecule has 0 spiro atoms. The van der Waals surface area contributed by atoms with Gasteiger partial charge in [-0.15, -0.1) is 0 Å². The third-order valence-electron chi connectivity index (χ3n) is 1.87. The summed E-state index contributed by atoms with van der Waals surface area (Å²) >= 11 is 0. The first-order chi connectivity index (χ1) is 6.10. The van der Waals surface area contributed by atoms with E-state index >= 15 is 0 Å². The topological polar surface area (TPSA) is 43.4 Å². The standard InChI is InChI=1S/C10H22O3S/c1-9(8-10(2,3)4)6-7-13-14(5,11)12/h9H,6-8H2,1-5H3. The Kier molecular flexibility index (Phi) is 5.09. The van der Waals surface area contributed by atoms with E-state index in [0.717, 1.165) is 19.1 Å². The summed E-state index contributed by atoms with van der Waals surface area (Å²) in [6.07, 6.45) is 2.96. The summed E-state index contributed by atoms with van der Waals surface area (Å²) in [4.78, 5) is 0. The first-order valence-corrected chi connectivity index (χ1v) is 6.76. The largest absolute Gasteiger partial charge is 0.270 e. The van der Waals surface area contributed by atoms with E-state index in [1.807, 2.05) is 0 Å². The van der Waals surface area contributed by atoms with Gasteiger partial charge in [0.2, 0.25) is 0 Å². The van der Waals surface area contributed by atoms with Crippen molar-refractivity contribution in [2.75, 3.05) is 12.9 Å². The Morgan fingerprint density at radius 2 is 1.79 bits per heavy atom. The van der Waals surface area contributed by atoms with Crippen LogP contribution >= 0.6 is 0 Å². The molecule has 14 heavy (non-hydrogen) atoms. The van der Waals surface area contributed by atoms with Gasteiger partial charge < -0.3 is 0 Å². The highest BCUT2D eigenvalue weighted by atomic mass is 32.2. The molecule has 0 aliphatic carbocycles. The molecule has 3 nitrogen and oxygen atoms in total. The molecule has 0 saturated heterocycles. The van der Waals surface area contributed by atoms with Crippen LogP contribution in [0.2, 0.25) is 0 Å². The predicted octanol–water partition coefficient (Wildman–Crippen LogP) is 2.43. The normalized spacial score (nSPS) is 15.5. The molecular weight excluding hydrogens is 200 g/mol. The summed E-state index contributed by atoms with van der Waals surface area (Å²) in [7, 11) is -3.26. The van der Waals surface area contributed by atoms with Crippen LogP contribution in [0.4, 0.5) is 0 Å². The molecule has 4 heteroatoms. The molecule has 0 rings (SSSR count). The van der Waals surface area contributed by atoms with Crippen molar-refractivity contribution >= 4 is 10.1 Å². The van der Waals surface area contributed by atoms with Crippen molar-refractivity contribution in [3.63, 3.8) is 0 Å². The van der Waals surface area contributed by atoms with E-state index in [4.69, 9.17) is 0 Å². The Labute approximate surface area is 88.0 Å². The smallest absolute Gasteiger partial charge is 0.264 e. The summed E-state index contributed by atoms with van der Waals surface area (Å²) < 4.78 is 26.0. The second kappa shape index (κ2) is 5.12. The summed E-state index contributed by atoms with van der Waals surface area (Å²) in [6.45, 7) is 8.97. The van der Waals surface area contributed by atoms with Gasteiger partial charge in [0.1, 0.15) is 0 Å². The molecule has 0 aromatic carbocycles. The third kappa shape index (κ3) is 9.99. The van der Waals surface area contributed by atoms with Gasteiger partial charge in [0, 0.05) is 0 Å². The highest BCUT2D eigenvalue weighted by Crippen LogP contribution is 2.25. The summed E-state index contributed by atoms with van der Waals surface area (Å²) in [5.41, 5.74) is 0.296. The SMILES string of the molecule is CC(CCOS(C)(=O)=O)CC(C)(C)C. The molecule has 0 saturated carbocycles. The zero-order valence-corrected chi connectivity index (χ0v) is 10.6. The second-order valence-corrected chi connectivity index (χ2v) is 6.83. The van der Waals surface area contributed by atoms with Crippen LogP contribution in [-0.4, -0.2) is 21.3 Å². The Bertz CT molecular complexity index is 249. The van der Waals surface area contributed by atoms with Gasteiger partial charge >= 0.3 is 0 Å². The minimum absolute atomic E-state index is 0.296. The number of rotatable bonds is 5. The minimum atomic E-state index is -3.26. The van der Waals surface area contributed by atoms with Crippen LogP contribution < -0.4 is 0 Å². The molecule has 0 amide bonds. The lowest BCUT2D eigenvalue weighted by molar-refractivity contribution is 0.245. The van der Waals surface area contributed by atoms with Crippen molar-refractivity contribution in [1.82, 2.24) is 0 Å². The first-order valence-electron chi connectivity index (χ1n) is 4.94. The molecule has 0 aromatic heterocycles. The maximum absolute atomic E-state index is 10.7. The maximum Gasteiger partial charge on any atom is 0.264 e. The Hall–Kier alpha value is -0.0900. The molecular formula is C10H22O3S. The van der Waals surface area contributed by atoms with Crippen LogP contribution in [-0.2, 0) is 14.3 Å². The molecule has 0 aliphatic heterocycles. The average Bonchev–Trinajstić information content (AvgIpc) is 1.78. The predicted molar refractivity (Wildman–Crippen MR) is 58.6 cm³/mol. The van der Waals surface area contributed by atoms with Crippen molar-refractivity contribution < 1.29 is 12.6 Å². The lowest BCUT2D eigenvalue weighted by Crippen LogP contribution is -2.13. The quantitative estimate of drug-likeness (QED) is 0.671. The van der Waals surface area contributed by atoms with Crippen LogP contribution in [0.3, 0.4) is 0 Å². The van der Waals surface area contributed by atoms with Crippen molar-refractivity contribution in [3.05, 3.63) is 0 Å². The zero-order chi connectivity index (χ0) is 11.4. The van der Waals surface area contributed by atoms with Crippen LogP contribution in [0.5, 0.6) is 0 Å². The molecule has 86 valence electrons. The van der Waals surface area contributed by atoms with Crippen LogP contribution in [0.15, 0.2) is 0 Å². The maximum atomic E-state index is 10.7. The van der Waals surface area contributed by atoms with Crippen LogP contribution in [0, 0.1) is 11.3 Å². The highest BCUT2D eigenvalue weighted by Gasteiger charge is 2.15. The molecule has 0 N–H and O–H groups in total. The van der Waals surface area contributed by atoms with E-state index in [9.17, 15) is 8.42 Å². The van der Waals surface area contributed by atoms with Gasteiger partial charge in [0.15, 0.2) is 0 Å². The summed E-state index contributed by atoms with van der Waals surface area (Å²) in [5, 5.41) is 0. The fraction of sp³-hybridized carbons (Fsp3) is 1.00. The summed E-state index contributed by atoms with van der Waals surface area (Å²) in [6, 6.07) is 0. The lowest BCUT2D eigenvalue weighted by Gasteiger charge is -2.22. The Balaban J connectivity index is 3.71. The second-order valence-electron chi connectivity index (χ2n) is 5.18. The van der Waals surface area contributed by atoms with Gasteiger partial charge in [-0.3, -0.25) is 4.18 Å². The van der Waals surface area contributed by atoms with Gasteiger partial charge in [0.25, 0.3) is 10.1 Å². The molecule has 0 bridgehead atoms. The van der Waals surface area contributed by atoms with Gasteiger partial charge in [-0.2, -0.15) is 8.42 Å². The molecule has 0 aromatic rings. The number of hydrogen-bond acceptors (Lipinski definition) is 3. The molecule has 1 unspecified atom stereocenters. The molecule has 0 aliphatic rings. The molecule has 1 atom stereocenters. The van der Waals surface area contributed by atoms with E-state index in [1.165, 1.54) is 0 Å². The Morgan fingerprint density at radius 3 is 2.14 bits per heavy atom. The summed E-state index contributed by atoms with van der Waals surface area (Å²) in [5.74, 6) is 0.497. The molecule has 0 radical (unpaired) electrons. The monoisotopic (exact) mass is 222 g/mol. The van der Waals surface area contributed by atoms with Gasteiger partial charge in [-0.05, 0) is 24.2 Å². The van der Waals surface area contributed by atoms with Crippen molar-refractivity contribution in [1.29, 1.82) is 0 Å². The van der Waals surface area contributed by atoms with E-state index in [1.54, 1.807) is 0 Å². The zero-order valence-electron chi connectivity index (χ0n) is 9.83. The fourth-order valence-electron chi connectivity index (χ4n) is 1.55. The lowest BCUT2D eigenvalue weighted by atomic mass is 9.84. The molecule has 0 heterocycles. The first kappa shape index (κ1) is 13.9. The van der Waals surface area contributed by atoms with Gasteiger partial charge in [-0.1, -0.05) is 27.7 Å². The van der Waals surface area contributed by atoms with Crippen LogP contribution in [0.1, 0.15) is 40.5 Å². The van der Waals surface area contributed by atoms with E-state index < -0.39 is 10.1 Å². The van der Waals surface area contributed by atoms with Crippen molar-refractivity contribution in [3.8, 4) is 0 Å². The van der Waals surface area contributed by atoms with Crippen LogP contribution in [0.25, 0.3) is 0 Å². The Morgan fingerprint density at radius 1 is 1.29 bits per heavy atom. The van der Waals surface area contributed by atoms with E-state index in [2.05, 4.69) is 31.9 Å². The fourth-order valence-corrected chi connectivity index (χ4v) is 1.95.